The van der Waals surface area contributed by atoms with Crippen LogP contribution in [0.3, 0.4) is 0 Å². The molecule has 0 saturated carbocycles. The molecule has 1 aromatic carbocycles. The van der Waals surface area contributed by atoms with Gasteiger partial charge in [-0.1, -0.05) is 43.6 Å². The second-order valence-corrected chi connectivity index (χ2v) is 5.62. The molecule has 0 spiro atoms. The van der Waals surface area contributed by atoms with Crippen molar-refractivity contribution in [1.29, 1.82) is 0 Å². The van der Waals surface area contributed by atoms with Gasteiger partial charge in [-0.3, -0.25) is 9.79 Å². The van der Waals surface area contributed by atoms with E-state index in [-0.39, 0.29) is 35.8 Å². The van der Waals surface area contributed by atoms with Crippen LogP contribution in [0.4, 0.5) is 0 Å². The predicted molar refractivity (Wildman–Crippen MR) is 108 cm³/mol. The fraction of sp³-hybridized carbons (Fsp3) is 0.500. The third-order valence-electron chi connectivity index (χ3n) is 3.11. The minimum absolute atomic E-state index is 0. The molecule has 0 unspecified atom stereocenters. The van der Waals surface area contributed by atoms with Crippen molar-refractivity contribution in [3.63, 3.8) is 0 Å². The summed E-state index contributed by atoms with van der Waals surface area (Å²) in [6, 6.07) is 7.81. The highest BCUT2D eigenvalue weighted by Gasteiger charge is 2.05. The number of guanidine groups is 1. The van der Waals surface area contributed by atoms with E-state index in [2.05, 4.69) is 20.9 Å². The summed E-state index contributed by atoms with van der Waals surface area (Å²) < 4.78 is 0. The molecule has 0 aromatic heterocycles. The van der Waals surface area contributed by atoms with E-state index in [1.807, 2.05) is 38.1 Å². The molecule has 0 aliphatic rings. The normalized spacial score (nSPS) is 10.9. The minimum Gasteiger partial charge on any atom is -0.356 e. The molecule has 0 heterocycles. The van der Waals surface area contributed by atoms with Crippen LogP contribution in [-0.2, 0) is 11.2 Å². The number of hydrogen-bond acceptors (Lipinski definition) is 2. The SMILES string of the molecule is CN=C(NCCNC(=O)C(C)C)NCCc1ccccc1Cl.I. The highest BCUT2D eigenvalue weighted by atomic mass is 127. The van der Waals surface area contributed by atoms with E-state index in [0.29, 0.717) is 19.0 Å². The molecule has 0 atom stereocenters. The number of carbonyl (C=O) groups is 1. The summed E-state index contributed by atoms with van der Waals surface area (Å²) in [5.41, 5.74) is 1.11. The van der Waals surface area contributed by atoms with E-state index in [1.165, 1.54) is 0 Å². The molecule has 1 amide bonds. The third kappa shape index (κ3) is 9.00. The summed E-state index contributed by atoms with van der Waals surface area (Å²) >= 11 is 6.12. The van der Waals surface area contributed by atoms with Gasteiger partial charge in [0.1, 0.15) is 0 Å². The summed E-state index contributed by atoms with van der Waals surface area (Å²) in [4.78, 5) is 15.6. The van der Waals surface area contributed by atoms with Gasteiger partial charge in [0, 0.05) is 37.6 Å². The van der Waals surface area contributed by atoms with Gasteiger partial charge in [0.15, 0.2) is 5.96 Å². The Morgan fingerprint density at radius 3 is 2.35 bits per heavy atom. The van der Waals surface area contributed by atoms with Crippen LogP contribution in [0.2, 0.25) is 5.02 Å². The number of halogens is 2. The molecule has 7 heteroatoms. The lowest BCUT2D eigenvalue weighted by Gasteiger charge is -2.13. The molecule has 0 aliphatic heterocycles. The number of hydrogen-bond donors (Lipinski definition) is 3. The molecular formula is C16H26ClIN4O. The highest BCUT2D eigenvalue weighted by molar-refractivity contribution is 14.0. The Balaban J connectivity index is 0.00000484. The summed E-state index contributed by atoms with van der Waals surface area (Å²) in [5.74, 6) is 0.780. The third-order valence-corrected chi connectivity index (χ3v) is 3.48. The lowest BCUT2D eigenvalue weighted by atomic mass is 10.1. The summed E-state index contributed by atoms with van der Waals surface area (Å²) in [6.07, 6.45) is 0.824. The number of carbonyl (C=O) groups excluding carboxylic acids is 1. The monoisotopic (exact) mass is 452 g/mol. The van der Waals surface area contributed by atoms with Crippen LogP contribution in [0.25, 0.3) is 0 Å². The van der Waals surface area contributed by atoms with Gasteiger partial charge in [-0.2, -0.15) is 0 Å². The van der Waals surface area contributed by atoms with Crippen molar-refractivity contribution in [2.24, 2.45) is 10.9 Å². The van der Waals surface area contributed by atoms with E-state index in [1.54, 1.807) is 7.05 Å². The summed E-state index contributed by atoms with van der Waals surface area (Å²) in [5, 5.41) is 10.0. The number of benzene rings is 1. The Kier molecular flexibility index (Phi) is 11.9. The molecule has 23 heavy (non-hydrogen) atoms. The molecule has 0 bridgehead atoms. The zero-order valence-electron chi connectivity index (χ0n) is 13.9. The maximum atomic E-state index is 11.4. The number of nitrogens with one attached hydrogen (secondary N) is 3. The standard InChI is InChI=1S/C16H25ClN4O.HI/c1-12(2)15(22)19-10-11-21-16(18-3)20-9-8-13-6-4-5-7-14(13)17;/h4-7,12H,8-11H2,1-3H3,(H,19,22)(H2,18,20,21);1H. The molecule has 1 aromatic rings. The van der Waals surface area contributed by atoms with Gasteiger partial charge in [0.2, 0.25) is 5.91 Å². The number of nitrogens with zero attached hydrogens (tertiary/aromatic N) is 1. The smallest absolute Gasteiger partial charge is 0.222 e. The van der Waals surface area contributed by atoms with Crippen molar-refractivity contribution in [1.82, 2.24) is 16.0 Å². The zero-order valence-corrected chi connectivity index (χ0v) is 16.9. The van der Waals surface area contributed by atoms with Gasteiger partial charge < -0.3 is 16.0 Å². The van der Waals surface area contributed by atoms with Crippen molar-refractivity contribution < 1.29 is 4.79 Å². The van der Waals surface area contributed by atoms with E-state index < -0.39 is 0 Å². The number of aliphatic imine (C=N–C) groups is 1. The average molecular weight is 453 g/mol. The van der Waals surface area contributed by atoms with Gasteiger partial charge in [0.25, 0.3) is 0 Å². The Morgan fingerprint density at radius 1 is 1.13 bits per heavy atom. The van der Waals surface area contributed by atoms with Gasteiger partial charge in [-0.15, -0.1) is 24.0 Å². The van der Waals surface area contributed by atoms with E-state index in [0.717, 1.165) is 23.6 Å². The first kappa shape index (κ1) is 22.0. The van der Waals surface area contributed by atoms with Crippen LogP contribution < -0.4 is 16.0 Å². The second kappa shape index (κ2) is 12.4. The molecule has 0 radical (unpaired) electrons. The van der Waals surface area contributed by atoms with Crippen LogP contribution in [0, 0.1) is 5.92 Å². The summed E-state index contributed by atoms with van der Waals surface area (Å²) in [6.45, 7) is 5.68. The summed E-state index contributed by atoms with van der Waals surface area (Å²) in [7, 11) is 1.72. The molecule has 0 fully saturated rings. The Hall–Kier alpha value is -1.02. The van der Waals surface area contributed by atoms with Crippen molar-refractivity contribution in [3.8, 4) is 0 Å². The lowest BCUT2D eigenvalue weighted by Crippen LogP contribution is -2.42. The lowest BCUT2D eigenvalue weighted by molar-refractivity contribution is -0.123. The second-order valence-electron chi connectivity index (χ2n) is 5.21. The first-order valence-electron chi connectivity index (χ1n) is 7.50. The van der Waals surface area contributed by atoms with E-state index in [9.17, 15) is 4.79 Å². The molecular weight excluding hydrogens is 427 g/mol. The van der Waals surface area contributed by atoms with E-state index >= 15 is 0 Å². The molecule has 0 saturated heterocycles. The first-order chi connectivity index (χ1) is 10.5. The predicted octanol–water partition coefficient (Wildman–Crippen LogP) is 2.44. The zero-order chi connectivity index (χ0) is 16.4. The molecule has 1 rings (SSSR count). The largest absolute Gasteiger partial charge is 0.356 e. The topological polar surface area (TPSA) is 65.5 Å². The highest BCUT2D eigenvalue weighted by Crippen LogP contribution is 2.14. The van der Waals surface area contributed by atoms with Crippen molar-refractivity contribution in [2.75, 3.05) is 26.7 Å². The minimum atomic E-state index is 0. The fourth-order valence-electron chi connectivity index (χ4n) is 1.81. The maximum absolute atomic E-state index is 11.4. The number of rotatable bonds is 7. The van der Waals surface area contributed by atoms with Gasteiger partial charge in [-0.05, 0) is 18.1 Å². The van der Waals surface area contributed by atoms with Crippen LogP contribution >= 0.6 is 35.6 Å². The van der Waals surface area contributed by atoms with Gasteiger partial charge in [0.05, 0.1) is 0 Å². The Bertz CT molecular complexity index is 509. The average Bonchev–Trinajstić information content (AvgIpc) is 2.51. The van der Waals surface area contributed by atoms with Crippen molar-refractivity contribution in [2.45, 2.75) is 20.3 Å². The molecule has 3 N–H and O–H groups in total. The molecule has 130 valence electrons. The maximum Gasteiger partial charge on any atom is 0.222 e. The quantitative estimate of drug-likeness (QED) is 0.258. The van der Waals surface area contributed by atoms with E-state index in [4.69, 9.17) is 11.6 Å². The van der Waals surface area contributed by atoms with Crippen molar-refractivity contribution in [3.05, 3.63) is 34.9 Å². The van der Waals surface area contributed by atoms with Crippen molar-refractivity contribution >= 4 is 47.4 Å². The molecule has 0 aliphatic carbocycles. The first-order valence-corrected chi connectivity index (χ1v) is 7.88. The van der Waals surface area contributed by atoms with Crippen LogP contribution in [0.15, 0.2) is 29.3 Å². The Labute approximate surface area is 160 Å². The van der Waals surface area contributed by atoms with Crippen LogP contribution in [0.5, 0.6) is 0 Å². The Morgan fingerprint density at radius 2 is 1.74 bits per heavy atom. The fourth-order valence-corrected chi connectivity index (χ4v) is 2.04. The van der Waals surface area contributed by atoms with Gasteiger partial charge >= 0.3 is 0 Å². The van der Waals surface area contributed by atoms with Crippen LogP contribution in [-0.4, -0.2) is 38.5 Å². The van der Waals surface area contributed by atoms with Crippen LogP contribution in [0.1, 0.15) is 19.4 Å². The molecule has 5 nitrogen and oxygen atoms in total. The van der Waals surface area contributed by atoms with Gasteiger partial charge in [-0.25, -0.2) is 0 Å². The number of amides is 1.